The van der Waals surface area contributed by atoms with Crippen LogP contribution in [0.1, 0.15) is 120 Å². The minimum Gasteiger partial charge on any atom is -0.469 e. The number of nitrogens with zero attached hydrogens (tertiary/aromatic N) is 6. The molecule has 0 amide bonds. The molecule has 0 saturated heterocycles. The maximum Gasteiger partial charge on any atom is 0.335 e. The van der Waals surface area contributed by atoms with E-state index in [0.717, 1.165) is 17.5 Å². The Morgan fingerprint density at radius 3 is 1.39 bits per heavy atom. The quantitative estimate of drug-likeness (QED) is 0.0346. The standard InChI is InChI=1S/C29H42FN3O4Si.C16H18FN3O.C9H14O3.2O2S/c1-19(2)26-24(27(32-28(31-26)33(6)7)20-11-13-21(30)14-12-20)16-15-22(34)17-23(18-25(35)36-8)37-38(9,10)29(3,4)5;1-10(2)14-13(9-21)15(19-16(18-14)20(3)4)11-5-7-12(17)8-6-11;1-4-8(10)5-7(2)6-9(11)12-3;2*1-3-2/h11-16,19,23H,17-18H2,1-10H3;5-10H,1-4H3;4,7H,1,5-6H2,2-3H3;;/b16-15+;;;;/t23-;;7-;;/m1.1../s1. The Morgan fingerprint density at radius 2 is 1.04 bits per heavy atom. The van der Waals surface area contributed by atoms with Crippen molar-refractivity contribution in [2.45, 2.75) is 117 Å². The average molecular weight is 1130 g/mol. The monoisotopic (exact) mass is 1130 g/mol. The molecule has 2 aromatic carbocycles. The second-order valence-electron chi connectivity index (χ2n) is 19.8. The molecule has 0 aliphatic rings. The molecule has 422 valence electrons. The van der Waals surface area contributed by atoms with E-state index in [2.05, 4.69) is 55.1 Å². The summed E-state index contributed by atoms with van der Waals surface area (Å²) in [5.41, 5.74) is 5.19. The Labute approximate surface area is 459 Å². The van der Waals surface area contributed by atoms with E-state index < -0.39 is 43.5 Å². The Morgan fingerprint density at radius 1 is 0.649 bits per heavy atom. The van der Waals surface area contributed by atoms with E-state index in [9.17, 15) is 32.8 Å². The van der Waals surface area contributed by atoms with E-state index in [1.54, 1.807) is 35.2 Å². The lowest BCUT2D eigenvalue weighted by molar-refractivity contribution is -0.143. The minimum atomic E-state index is -2.24. The number of carbonyl (C=O) groups excluding carboxylic acids is 5. The highest BCUT2D eigenvalue weighted by atomic mass is 32.1. The van der Waals surface area contributed by atoms with Crippen molar-refractivity contribution in [3.8, 4) is 22.5 Å². The van der Waals surface area contributed by atoms with Gasteiger partial charge in [-0.05, 0) is 103 Å². The Hall–Kier alpha value is -6.69. The van der Waals surface area contributed by atoms with Gasteiger partial charge >= 0.3 is 35.1 Å². The lowest BCUT2D eigenvalue weighted by Crippen LogP contribution is -2.44. The van der Waals surface area contributed by atoms with E-state index in [0.29, 0.717) is 52.1 Å². The van der Waals surface area contributed by atoms with Crippen molar-refractivity contribution in [3.63, 3.8) is 0 Å². The van der Waals surface area contributed by atoms with Gasteiger partial charge in [-0.3, -0.25) is 24.0 Å². The molecule has 0 saturated carbocycles. The molecule has 0 aliphatic heterocycles. The van der Waals surface area contributed by atoms with Gasteiger partial charge in [-0.15, -0.1) is 0 Å². The summed E-state index contributed by atoms with van der Waals surface area (Å²) in [6.45, 7) is 23.7. The second-order valence-corrected chi connectivity index (χ2v) is 24.8. The number of esters is 2. The molecule has 0 radical (unpaired) electrons. The van der Waals surface area contributed by atoms with Crippen LogP contribution in [0.5, 0.6) is 0 Å². The zero-order chi connectivity index (χ0) is 59.4. The maximum atomic E-state index is 13.7. The number of ether oxygens (including phenoxy) is 2. The van der Waals surface area contributed by atoms with Crippen molar-refractivity contribution >= 4 is 79.2 Å². The van der Waals surface area contributed by atoms with Crippen LogP contribution in [0.4, 0.5) is 20.7 Å². The van der Waals surface area contributed by atoms with E-state index in [1.807, 2.05) is 67.7 Å². The Kier molecular flexibility index (Phi) is 31.8. The van der Waals surface area contributed by atoms with Crippen LogP contribution in [0, 0.1) is 17.6 Å². The maximum absolute atomic E-state index is 13.7. The number of allylic oxidation sites excluding steroid dienone is 2. The number of rotatable bonds is 20. The number of aromatic nitrogens is 4. The van der Waals surface area contributed by atoms with Gasteiger partial charge in [-0.1, -0.05) is 62.0 Å². The summed E-state index contributed by atoms with van der Waals surface area (Å²) in [5.74, 6) is -0.365. The van der Waals surface area contributed by atoms with Gasteiger partial charge in [0.1, 0.15) is 11.6 Å². The highest BCUT2D eigenvalue weighted by Gasteiger charge is 2.40. The van der Waals surface area contributed by atoms with Crippen molar-refractivity contribution in [2.75, 3.05) is 52.2 Å². The Bertz CT molecular complexity index is 2680. The number of methoxy groups -OCH3 is 2. The summed E-state index contributed by atoms with van der Waals surface area (Å²) in [4.78, 5) is 80.3. The smallest absolute Gasteiger partial charge is 0.335 e. The molecule has 0 bridgehead atoms. The molecule has 2 heterocycles. The summed E-state index contributed by atoms with van der Waals surface area (Å²) >= 11 is -1.50. The van der Waals surface area contributed by atoms with Crippen LogP contribution < -0.4 is 9.80 Å². The zero-order valence-corrected chi connectivity index (χ0v) is 49.6. The molecule has 2 atom stereocenters. The van der Waals surface area contributed by atoms with Crippen LogP contribution in [0.25, 0.3) is 28.6 Å². The van der Waals surface area contributed by atoms with Gasteiger partial charge in [-0.2, -0.15) is 16.8 Å². The molecule has 0 fully saturated rings. The topological polar surface area (TPSA) is 239 Å². The zero-order valence-electron chi connectivity index (χ0n) is 46.9. The highest BCUT2D eigenvalue weighted by Crippen LogP contribution is 2.38. The normalized spacial score (nSPS) is 11.6. The molecule has 0 spiro atoms. The molecule has 4 rings (SSSR count). The number of hydrogen-bond donors (Lipinski definition) is 0. The van der Waals surface area contributed by atoms with Crippen LogP contribution in [-0.4, -0.2) is 123 Å². The van der Waals surface area contributed by atoms with Crippen LogP contribution >= 0.6 is 0 Å². The number of aldehydes is 1. The van der Waals surface area contributed by atoms with Crippen molar-refractivity contribution < 1.29 is 63.5 Å². The predicted octanol–water partition coefficient (Wildman–Crippen LogP) is 9.67. The number of hydrogen-bond acceptors (Lipinski definition) is 18. The molecule has 0 aliphatic carbocycles. The average Bonchev–Trinajstić information content (AvgIpc) is 3.35. The summed E-state index contributed by atoms with van der Waals surface area (Å²) in [5, 5.41) is -0.0813. The first-order chi connectivity index (χ1) is 35.9. The highest BCUT2D eigenvalue weighted by molar-refractivity contribution is 7.52. The summed E-state index contributed by atoms with van der Waals surface area (Å²) in [6, 6.07) is 12.1. The van der Waals surface area contributed by atoms with Crippen LogP contribution in [0.3, 0.4) is 0 Å². The van der Waals surface area contributed by atoms with E-state index >= 15 is 0 Å². The number of carbonyl (C=O) groups is 5. The molecule has 18 nitrogen and oxygen atoms in total. The third-order valence-corrected chi connectivity index (χ3v) is 16.0. The molecular weight excluding hydrogens is 1050 g/mol. The van der Waals surface area contributed by atoms with Crippen LogP contribution in [0.2, 0.25) is 18.1 Å². The van der Waals surface area contributed by atoms with Gasteiger partial charge in [0.25, 0.3) is 0 Å². The summed E-state index contributed by atoms with van der Waals surface area (Å²) in [7, 11) is 7.83. The fourth-order valence-corrected chi connectivity index (χ4v) is 7.87. The van der Waals surface area contributed by atoms with Gasteiger partial charge in [0.05, 0.1) is 55.1 Å². The van der Waals surface area contributed by atoms with Crippen LogP contribution in [-0.2, 0) is 56.2 Å². The van der Waals surface area contributed by atoms with E-state index in [4.69, 9.17) is 36.0 Å². The Balaban J connectivity index is 0.00000123. The van der Waals surface area contributed by atoms with E-state index in [-0.39, 0.29) is 71.2 Å². The first kappa shape index (κ1) is 70.3. The van der Waals surface area contributed by atoms with Gasteiger partial charge in [-0.25, -0.2) is 28.7 Å². The lowest BCUT2D eigenvalue weighted by Gasteiger charge is -2.39. The molecular formula is C54H74F2N6O12S2Si. The molecule has 0 unspecified atom stereocenters. The van der Waals surface area contributed by atoms with Crippen molar-refractivity contribution in [3.05, 3.63) is 101 Å². The molecule has 23 heteroatoms. The largest absolute Gasteiger partial charge is 0.469 e. The van der Waals surface area contributed by atoms with Gasteiger partial charge in [0.2, 0.25) is 11.9 Å². The minimum absolute atomic E-state index is 0.00130. The predicted molar refractivity (Wildman–Crippen MR) is 298 cm³/mol. The third kappa shape index (κ3) is 24.9. The second kappa shape index (κ2) is 34.9. The SMILES string of the molecule is C=CC(=O)C[C@@H](C)CC(=O)OC.CC(C)c1nc(N(C)C)nc(-c2ccc(F)cc2)c1C=O.COC(=O)C[C@@H](CC(=O)/C=C/c1c(-c2ccc(F)cc2)nc(N(C)C)nc1C(C)C)O[Si](C)(C)C(C)(C)C.O=S=O.O=S=O. The van der Waals surface area contributed by atoms with Crippen molar-refractivity contribution in [2.24, 2.45) is 5.92 Å². The first-order valence-electron chi connectivity index (χ1n) is 24.1. The summed E-state index contributed by atoms with van der Waals surface area (Å²) in [6.07, 6.45) is 5.35. The molecule has 0 N–H and O–H groups in total. The van der Waals surface area contributed by atoms with Gasteiger partial charge < -0.3 is 23.7 Å². The lowest BCUT2D eigenvalue weighted by atomic mass is 9.97. The van der Waals surface area contributed by atoms with E-state index in [1.165, 1.54) is 50.6 Å². The number of ketones is 2. The summed E-state index contributed by atoms with van der Waals surface area (Å²) < 4.78 is 75.7. The van der Waals surface area contributed by atoms with Gasteiger partial charge in [0, 0.05) is 64.1 Å². The number of halogens is 2. The molecule has 77 heavy (non-hydrogen) atoms. The number of anilines is 2. The van der Waals surface area contributed by atoms with Gasteiger partial charge in [0.15, 0.2) is 26.2 Å². The van der Waals surface area contributed by atoms with Crippen molar-refractivity contribution in [1.29, 1.82) is 0 Å². The molecule has 2 aromatic heterocycles. The van der Waals surface area contributed by atoms with Crippen molar-refractivity contribution in [1.82, 2.24) is 19.9 Å². The fourth-order valence-electron chi connectivity index (χ4n) is 6.52. The third-order valence-electron chi connectivity index (χ3n) is 11.4. The first-order valence-corrected chi connectivity index (χ1v) is 28.3. The van der Waals surface area contributed by atoms with Crippen LogP contribution in [0.15, 0.2) is 67.3 Å². The fraction of sp³-hybridized carbons (Fsp3) is 0.463. The molecule has 4 aromatic rings. The number of benzene rings is 2.